The van der Waals surface area contributed by atoms with E-state index >= 15 is 0 Å². The fourth-order valence-electron chi connectivity index (χ4n) is 9.98. The molecule has 2 aromatic heterocycles. The van der Waals surface area contributed by atoms with E-state index in [1.165, 1.54) is 38.2 Å². The largest absolute Gasteiger partial charge is 0.456 e. The first-order valence-corrected chi connectivity index (χ1v) is 21.5. The third-order valence-electron chi connectivity index (χ3n) is 12.9. The Morgan fingerprint density at radius 1 is 0.286 bits per heavy atom. The van der Waals surface area contributed by atoms with Gasteiger partial charge in [0.25, 0.3) is 0 Å². The lowest BCUT2D eigenvalue weighted by molar-refractivity contribution is 0.669. The minimum absolute atomic E-state index is 0.855. The highest BCUT2D eigenvalue weighted by Gasteiger charge is 2.22. The van der Waals surface area contributed by atoms with Crippen molar-refractivity contribution in [2.24, 2.45) is 0 Å². The Kier molecular flexibility index (Phi) is 7.91. The molecule has 0 fully saturated rings. The summed E-state index contributed by atoms with van der Waals surface area (Å²) >= 11 is 0. The van der Waals surface area contributed by atoms with Crippen LogP contribution in [-0.4, -0.2) is 0 Å². The van der Waals surface area contributed by atoms with Gasteiger partial charge in [-0.2, -0.15) is 0 Å². The second kappa shape index (κ2) is 14.1. The molecule has 0 radical (unpaired) electrons. The Hall–Kier alpha value is -8.40. The highest BCUT2D eigenvalue weighted by Crippen LogP contribution is 2.48. The van der Waals surface area contributed by atoms with Gasteiger partial charge in [-0.15, -0.1) is 0 Å². The van der Waals surface area contributed by atoms with Crippen LogP contribution in [0.1, 0.15) is 0 Å². The summed E-state index contributed by atoms with van der Waals surface area (Å²) in [6, 6.07) is 80.6. The number of furan rings is 2. The molecule has 3 heteroatoms. The minimum Gasteiger partial charge on any atom is -0.456 e. The van der Waals surface area contributed by atoms with E-state index in [9.17, 15) is 0 Å². The minimum atomic E-state index is 0.855. The molecule has 3 nitrogen and oxygen atoms in total. The molecule has 0 aliphatic carbocycles. The third kappa shape index (κ3) is 5.60. The van der Waals surface area contributed by atoms with Gasteiger partial charge < -0.3 is 13.7 Å². The molecule has 2 heterocycles. The first-order chi connectivity index (χ1) is 31.2. The molecular formula is C60H37NO2. The highest BCUT2D eigenvalue weighted by molar-refractivity contribution is 6.22. The molecule has 63 heavy (non-hydrogen) atoms. The van der Waals surface area contributed by atoms with Crippen molar-refractivity contribution in [3.05, 3.63) is 224 Å². The number of nitrogens with zero attached hydrogens (tertiary/aromatic N) is 1. The van der Waals surface area contributed by atoms with E-state index in [2.05, 4.69) is 217 Å². The number of hydrogen-bond donors (Lipinski definition) is 0. The lowest BCUT2D eigenvalue weighted by Crippen LogP contribution is -2.10. The smallest absolute Gasteiger partial charge is 0.143 e. The van der Waals surface area contributed by atoms with Gasteiger partial charge in [0, 0.05) is 32.9 Å². The second-order valence-corrected chi connectivity index (χ2v) is 16.4. The summed E-state index contributed by atoms with van der Waals surface area (Å²) in [7, 11) is 0. The van der Waals surface area contributed by atoms with Crippen molar-refractivity contribution in [2.45, 2.75) is 0 Å². The fraction of sp³-hybridized carbons (Fsp3) is 0. The predicted molar refractivity (Wildman–Crippen MR) is 265 cm³/mol. The highest BCUT2D eigenvalue weighted by atomic mass is 16.3. The van der Waals surface area contributed by atoms with E-state index in [1.54, 1.807) is 0 Å². The van der Waals surface area contributed by atoms with Gasteiger partial charge in [0.05, 0.1) is 11.1 Å². The number of para-hydroxylation sites is 1. The predicted octanol–water partition coefficient (Wildman–Crippen LogP) is 17.4. The molecule has 0 spiro atoms. The molecule has 13 aromatic rings. The average Bonchev–Trinajstić information content (AvgIpc) is 3.93. The van der Waals surface area contributed by atoms with Gasteiger partial charge in [0.1, 0.15) is 22.3 Å². The molecule has 0 aliphatic heterocycles. The van der Waals surface area contributed by atoms with E-state index in [-0.39, 0.29) is 0 Å². The van der Waals surface area contributed by atoms with Gasteiger partial charge in [-0.3, -0.25) is 0 Å². The maximum absolute atomic E-state index is 6.74. The van der Waals surface area contributed by atoms with Gasteiger partial charge in [0.15, 0.2) is 0 Å². The lowest BCUT2D eigenvalue weighted by atomic mass is 9.85. The van der Waals surface area contributed by atoms with Crippen molar-refractivity contribution in [3.63, 3.8) is 0 Å². The normalized spacial score (nSPS) is 11.8. The summed E-state index contributed by atoms with van der Waals surface area (Å²) in [5.41, 5.74) is 13.8. The molecule has 11 aromatic carbocycles. The van der Waals surface area contributed by atoms with Crippen molar-refractivity contribution in [2.75, 3.05) is 4.90 Å². The fourth-order valence-corrected chi connectivity index (χ4v) is 9.98. The molecule has 0 aliphatic rings. The molecule has 0 saturated carbocycles. The van der Waals surface area contributed by atoms with Crippen LogP contribution in [0, 0.1) is 0 Å². The van der Waals surface area contributed by atoms with Crippen LogP contribution in [-0.2, 0) is 0 Å². The lowest BCUT2D eigenvalue weighted by Gasteiger charge is -2.27. The first-order valence-electron chi connectivity index (χ1n) is 21.5. The molecule has 0 bridgehead atoms. The molecule has 0 unspecified atom stereocenters. The van der Waals surface area contributed by atoms with Gasteiger partial charge >= 0.3 is 0 Å². The number of hydrogen-bond acceptors (Lipinski definition) is 3. The topological polar surface area (TPSA) is 29.5 Å². The Morgan fingerprint density at radius 3 is 1.54 bits per heavy atom. The zero-order valence-electron chi connectivity index (χ0n) is 34.1. The summed E-state index contributed by atoms with van der Waals surface area (Å²) < 4.78 is 12.9. The Morgan fingerprint density at radius 2 is 0.825 bits per heavy atom. The van der Waals surface area contributed by atoms with Crippen LogP contribution in [0.25, 0.3) is 110 Å². The van der Waals surface area contributed by atoms with E-state index in [4.69, 9.17) is 8.83 Å². The maximum atomic E-state index is 6.74. The second-order valence-electron chi connectivity index (χ2n) is 16.4. The zero-order chi connectivity index (χ0) is 41.4. The van der Waals surface area contributed by atoms with Crippen LogP contribution in [0.3, 0.4) is 0 Å². The van der Waals surface area contributed by atoms with Gasteiger partial charge in [-0.1, -0.05) is 164 Å². The summed E-state index contributed by atoms with van der Waals surface area (Å²) in [5, 5.41) is 11.7. The van der Waals surface area contributed by atoms with Crippen molar-refractivity contribution in [1.82, 2.24) is 0 Å². The van der Waals surface area contributed by atoms with Crippen LogP contribution >= 0.6 is 0 Å². The van der Waals surface area contributed by atoms with Crippen molar-refractivity contribution in [3.8, 4) is 33.4 Å². The van der Waals surface area contributed by atoms with Crippen LogP contribution < -0.4 is 4.90 Å². The summed E-state index contributed by atoms with van der Waals surface area (Å²) in [6.45, 7) is 0. The van der Waals surface area contributed by atoms with Gasteiger partial charge in [0.2, 0.25) is 0 Å². The van der Waals surface area contributed by atoms with E-state index in [0.29, 0.717) is 0 Å². The zero-order valence-corrected chi connectivity index (χ0v) is 34.1. The van der Waals surface area contributed by atoms with Crippen LogP contribution in [0.15, 0.2) is 233 Å². The summed E-state index contributed by atoms with van der Waals surface area (Å²) in [6.07, 6.45) is 0. The van der Waals surface area contributed by atoms with Gasteiger partial charge in [-0.05, 0) is 121 Å². The van der Waals surface area contributed by atoms with E-state index < -0.39 is 0 Å². The van der Waals surface area contributed by atoms with Crippen molar-refractivity contribution < 1.29 is 8.83 Å². The maximum Gasteiger partial charge on any atom is 0.143 e. The Labute approximate surface area is 363 Å². The van der Waals surface area contributed by atoms with Crippen LogP contribution in [0.5, 0.6) is 0 Å². The molecule has 0 atom stereocenters. The van der Waals surface area contributed by atoms with E-state index in [0.717, 1.165) is 88.4 Å². The number of benzene rings is 11. The molecular weight excluding hydrogens is 767 g/mol. The summed E-state index contributed by atoms with van der Waals surface area (Å²) in [4.78, 5) is 2.38. The number of rotatable bonds is 6. The molecule has 13 rings (SSSR count). The van der Waals surface area contributed by atoms with Crippen molar-refractivity contribution >= 4 is 93.3 Å². The van der Waals surface area contributed by atoms with Gasteiger partial charge in [-0.25, -0.2) is 0 Å². The van der Waals surface area contributed by atoms with Crippen molar-refractivity contribution in [1.29, 1.82) is 0 Å². The quantitative estimate of drug-likeness (QED) is 0.157. The SMILES string of the molecule is c1ccc(-c2c(-c3ccc(N(c4ccc(-c5ccc6oc7ccccc7c6c5)cc4)c4cccc5oc6c7ccccc7ccc6c45)cc3)c3ccccc3c3ccccc23)cc1. The number of fused-ring (bicyclic) bond motifs is 11. The van der Waals surface area contributed by atoms with Crippen LogP contribution in [0.2, 0.25) is 0 Å². The molecule has 294 valence electrons. The standard InChI is InChI=1S/C60H37NO2/c1-2-14-40(15-3-1)57-49-20-8-6-17-46(49)47-18-7-9-21-50(47)58(57)41-27-33-44(34-28-41)61(53-22-12-24-56-59(53)51-35-29-39-13-4-5-16-45(39)60(51)63-56)43-31-25-38(26-32-43)42-30-36-55-52(37-42)48-19-10-11-23-54(48)62-55/h1-37H. The van der Waals surface area contributed by atoms with Crippen LogP contribution in [0.4, 0.5) is 17.1 Å². The molecule has 0 N–H and O–H groups in total. The Bertz CT molecular complexity index is 3900. The first kappa shape index (κ1) is 35.4. The third-order valence-corrected chi connectivity index (χ3v) is 12.9. The van der Waals surface area contributed by atoms with E-state index in [1.807, 2.05) is 12.1 Å². The number of anilines is 3. The molecule has 0 saturated heterocycles. The average molecular weight is 804 g/mol. The summed E-state index contributed by atoms with van der Waals surface area (Å²) in [5.74, 6) is 0. The Balaban J connectivity index is 1.00. The monoisotopic (exact) mass is 803 g/mol. The molecule has 0 amide bonds.